The molecule has 1 fully saturated rings. The molecule has 7 nitrogen and oxygen atoms in total. The van der Waals surface area contributed by atoms with Crippen molar-refractivity contribution in [1.82, 2.24) is 10.2 Å². The van der Waals surface area contributed by atoms with Crippen molar-refractivity contribution < 1.29 is 14.4 Å². The summed E-state index contributed by atoms with van der Waals surface area (Å²) in [6.07, 6.45) is 3.11. The number of likely N-dealkylation sites (tertiary alicyclic amines) is 1. The number of nitrogens with two attached hydrogens (primary N) is 2. The van der Waals surface area contributed by atoms with Crippen LogP contribution >= 0.6 is 0 Å². The molecular formula is C17H24N4O3. The lowest BCUT2D eigenvalue weighted by Gasteiger charge is -2.36. The molecule has 2 rings (SSSR count). The number of hydrogen-bond donors (Lipinski definition) is 3. The summed E-state index contributed by atoms with van der Waals surface area (Å²) in [6, 6.07) is 6.31. The van der Waals surface area contributed by atoms with Crippen molar-refractivity contribution in [2.45, 2.75) is 31.7 Å². The monoisotopic (exact) mass is 332 g/mol. The molecule has 24 heavy (non-hydrogen) atoms. The summed E-state index contributed by atoms with van der Waals surface area (Å²) in [5.41, 5.74) is 11.5. The molecule has 1 atom stereocenters. The van der Waals surface area contributed by atoms with Crippen LogP contribution in [0.15, 0.2) is 24.3 Å². The highest BCUT2D eigenvalue weighted by Gasteiger charge is 2.27. The van der Waals surface area contributed by atoms with Crippen molar-refractivity contribution in [3.05, 3.63) is 35.4 Å². The quantitative estimate of drug-likeness (QED) is 0.691. The van der Waals surface area contributed by atoms with E-state index >= 15 is 0 Å². The topological polar surface area (TPSA) is 119 Å². The lowest BCUT2D eigenvalue weighted by Crippen LogP contribution is -2.49. The molecule has 1 heterocycles. The van der Waals surface area contributed by atoms with Gasteiger partial charge in [-0.1, -0.05) is 0 Å². The zero-order valence-corrected chi connectivity index (χ0v) is 13.7. The fourth-order valence-corrected chi connectivity index (χ4v) is 2.87. The zero-order chi connectivity index (χ0) is 17.5. The highest BCUT2D eigenvalue weighted by molar-refractivity contribution is 5.97. The number of piperidine rings is 1. The summed E-state index contributed by atoms with van der Waals surface area (Å²) in [4.78, 5) is 37.2. The average molecular weight is 332 g/mol. The number of carbonyl (C=O) groups excluding carboxylic acids is 3. The van der Waals surface area contributed by atoms with E-state index in [-0.39, 0.29) is 24.3 Å². The second-order valence-corrected chi connectivity index (χ2v) is 5.93. The largest absolute Gasteiger partial charge is 0.366 e. The molecule has 1 aromatic carbocycles. The van der Waals surface area contributed by atoms with Gasteiger partial charge in [-0.15, -0.1) is 0 Å². The third-order valence-corrected chi connectivity index (χ3v) is 4.21. The molecule has 0 bridgehead atoms. The number of nitrogens with one attached hydrogen (secondary N) is 1. The van der Waals surface area contributed by atoms with E-state index in [1.807, 2.05) is 0 Å². The van der Waals surface area contributed by atoms with Crippen molar-refractivity contribution in [3.63, 3.8) is 0 Å². The molecule has 1 aliphatic rings. The van der Waals surface area contributed by atoms with Crippen LogP contribution in [0.5, 0.6) is 0 Å². The lowest BCUT2D eigenvalue weighted by atomic mass is 10.00. The van der Waals surface area contributed by atoms with E-state index in [4.69, 9.17) is 11.5 Å². The van der Waals surface area contributed by atoms with E-state index in [0.717, 1.165) is 19.3 Å². The van der Waals surface area contributed by atoms with E-state index < -0.39 is 5.91 Å². The van der Waals surface area contributed by atoms with E-state index in [1.54, 1.807) is 29.2 Å². The Hall–Kier alpha value is -2.41. The Morgan fingerprint density at radius 2 is 1.79 bits per heavy atom. The fourth-order valence-electron chi connectivity index (χ4n) is 2.87. The molecule has 0 aliphatic carbocycles. The highest BCUT2D eigenvalue weighted by Crippen LogP contribution is 2.19. The van der Waals surface area contributed by atoms with Crippen molar-refractivity contribution >= 4 is 17.7 Å². The van der Waals surface area contributed by atoms with Crippen molar-refractivity contribution in [2.24, 2.45) is 11.5 Å². The molecule has 0 radical (unpaired) electrons. The molecule has 0 saturated carbocycles. The number of benzene rings is 1. The molecule has 1 aliphatic heterocycles. The summed E-state index contributed by atoms with van der Waals surface area (Å²) in [6.45, 7) is 1.41. The minimum absolute atomic E-state index is 0.0243. The average Bonchev–Trinajstić information content (AvgIpc) is 2.60. The number of rotatable bonds is 6. The third-order valence-electron chi connectivity index (χ3n) is 4.21. The second kappa shape index (κ2) is 8.44. The maximum absolute atomic E-state index is 12.7. The van der Waals surface area contributed by atoms with Crippen LogP contribution in [0.1, 0.15) is 46.4 Å². The Bertz CT molecular complexity index is 600. The zero-order valence-electron chi connectivity index (χ0n) is 13.7. The van der Waals surface area contributed by atoms with Gasteiger partial charge in [0.25, 0.3) is 5.91 Å². The number of nitrogens with zero attached hydrogens (tertiary/aromatic N) is 1. The highest BCUT2D eigenvalue weighted by atomic mass is 16.2. The minimum Gasteiger partial charge on any atom is -0.366 e. The van der Waals surface area contributed by atoms with Crippen LogP contribution in [0.3, 0.4) is 0 Å². The summed E-state index contributed by atoms with van der Waals surface area (Å²) in [7, 11) is 0. The van der Waals surface area contributed by atoms with Gasteiger partial charge >= 0.3 is 0 Å². The van der Waals surface area contributed by atoms with E-state index in [0.29, 0.717) is 30.8 Å². The molecule has 7 heteroatoms. The van der Waals surface area contributed by atoms with Gasteiger partial charge < -0.3 is 21.7 Å². The molecule has 0 spiro atoms. The maximum atomic E-state index is 12.7. The molecule has 5 N–H and O–H groups in total. The molecule has 3 amide bonds. The normalized spacial score (nSPS) is 17.4. The first-order chi connectivity index (χ1) is 11.5. The molecule has 1 unspecified atom stereocenters. The minimum atomic E-state index is -0.521. The van der Waals surface area contributed by atoms with Gasteiger partial charge in [0.05, 0.1) is 0 Å². The molecule has 1 aromatic rings. The summed E-state index contributed by atoms with van der Waals surface area (Å²) >= 11 is 0. The smallest absolute Gasteiger partial charge is 0.254 e. The maximum Gasteiger partial charge on any atom is 0.254 e. The Morgan fingerprint density at radius 1 is 1.12 bits per heavy atom. The van der Waals surface area contributed by atoms with Gasteiger partial charge in [0.15, 0.2) is 0 Å². The molecule has 1 saturated heterocycles. The lowest BCUT2D eigenvalue weighted by molar-refractivity contribution is -0.121. The summed E-state index contributed by atoms with van der Waals surface area (Å²) in [5.74, 6) is -0.711. The number of amides is 3. The fraction of sp³-hybridized carbons (Fsp3) is 0.471. The van der Waals surface area contributed by atoms with Crippen LogP contribution in [0, 0.1) is 0 Å². The standard InChI is InChI=1S/C17H24N4O3/c18-9-8-15(22)20-11-14-3-1-2-10-21(14)17(24)13-6-4-12(5-7-13)16(19)23/h4-7,14H,1-3,8-11,18H2,(H2,19,23)(H,20,22). The van der Waals surface area contributed by atoms with E-state index in [9.17, 15) is 14.4 Å². The first-order valence-electron chi connectivity index (χ1n) is 8.20. The Balaban J connectivity index is 2.04. The van der Waals surface area contributed by atoms with Gasteiger partial charge in [0.1, 0.15) is 0 Å². The summed E-state index contributed by atoms with van der Waals surface area (Å²) in [5, 5.41) is 2.84. The third kappa shape index (κ3) is 4.55. The molecular weight excluding hydrogens is 308 g/mol. The van der Waals surface area contributed by atoms with Crippen LogP contribution in [0.2, 0.25) is 0 Å². The molecule has 130 valence electrons. The Labute approximate surface area is 141 Å². The SMILES string of the molecule is NCCC(=O)NCC1CCCCN1C(=O)c1ccc(C(N)=O)cc1. The first-order valence-corrected chi connectivity index (χ1v) is 8.20. The van der Waals surface area contributed by atoms with E-state index in [1.165, 1.54) is 0 Å². The van der Waals surface area contributed by atoms with Crippen LogP contribution in [-0.2, 0) is 4.79 Å². The van der Waals surface area contributed by atoms with Crippen molar-refractivity contribution in [2.75, 3.05) is 19.6 Å². The van der Waals surface area contributed by atoms with Gasteiger partial charge in [-0.05, 0) is 43.5 Å². The predicted molar refractivity (Wildman–Crippen MR) is 90.3 cm³/mol. The summed E-state index contributed by atoms with van der Waals surface area (Å²) < 4.78 is 0. The van der Waals surface area contributed by atoms with Crippen molar-refractivity contribution in [1.29, 1.82) is 0 Å². The Kier molecular flexibility index (Phi) is 6.31. The van der Waals surface area contributed by atoms with Crippen molar-refractivity contribution in [3.8, 4) is 0 Å². The van der Waals surface area contributed by atoms with Crippen LogP contribution in [-0.4, -0.2) is 48.3 Å². The van der Waals surface area contributed by atoms with Gasteiger partial charge in [0, 0.05) is 43.2 Å². The first kappa shape index (κ1) is 17.9. The van der Waals surface area contributed by atoms with Gasteiger partial charge in [-0.25, -0.2) is 0 Å². The Morgan fingerprint density at radius 3 is 2.42 bits per heavy atom. The van der Waals surface area contributed by atoms with Gasteiger partial charge in [0.2, 0.25) is 11.8 Å². The number of primary amides is 1. The predicted octanol–water partition coefficient (Wildman–Crippen LogP) is 0.245. The number of hydrogen-bond acceptors (Lipinski definition) is 4. The van der Waals surface area contributed by atoms with Crippen LogP contribution in [0.4, 0.5) is 0 Å². The van der Waals surface area contributed by atoms with Gasteiger partial charge in [-0.3, -0.25) is 14.4 Å². The van der Waals surface area contributed by atoms with Gasteiger partial charge in [-0.2, -0.15) is 0 Å². The van der Waals surface area contributed by atoms with Crippen LogP contribution in [0.25, 0.3) is 0 Å². The number of carbonyl (C=O) groups is 3. The van der Waals surface area contributed by atoms with Crippen LogP contribution < -0.4 is 16.8 Å². The second-order valence-electron chi connectivity index (χ2n) is 5.93. The van der Waals surface area contributed by atoms with E-state index in [2.05, 4.69) is 5.32 Å². The molecule has 0 aromatic heterocycles.